The molecule has 0 saturated carbocycles. The number of imidazole rings is 1. The number of aryl methyl sites for hydroxylation is 2. The van der Waals surface area contributed by atoms with Gasteiger partial charge in [-0.3, -0.25) is 0 Å². The lowest BCUT2D eigenvalue weighted by Crippen LogP contribution is -2.09. The van der Waals surface area contributed by atoms with Crippen LogP contribution in [0, 0.1) is 6.92 Å². The summed E-state index contributed by atoms with van der Waals surface area (Å²) in [5.74, 6) is 1.01. The molecule has 1 heterocycles. The van der Waals surface area contributed by atoms with Crippen LogP contribution < -0.4 is 5.32 Å². The molecule has 3 nitrogen and oxygen atoms in total. The van der Waals surface area contributed by atoms with E-state index in [0.717, 1.165) is 22.4 Å². The second-order valence-corrected chi connectivity index (χ2v) is 4.05. The maximum Gasteiger partial charge on any atom is 0.108 e. The highest BCUT2D eigenvalue weighted by molar-refractivity contribution is 6.20. The van der Waals surface area contributed by atoms with Crippen molar-refractivity contribution in [3.8, 4) is 0 Å². The van der Waals surface area contributed by atoms with Crippen molar-refractivity contribution in [3.63, 3.8) is 0 Å². The third kappa shape index (κ3) is 1.73. The summed E-state index contributed by atoms with van der Waals surface area (Å²) in [7, 11) is 3.85. The number of aromatic nitrogens is 2. The van der Waals surface area contributed by atoms with E-state index in [4.69, 9.17) is 11.6 Å². The van der Waals surface area contributed by atoms with Crippen LogP contribution in [0.5, 0.6) is 0 Å². The smallest absolute Gasteiger partial charge is 0.108 e. The van der Waals surface area contributed by atoms with Gasteiger partial charge in [-0.2, -0.15) is 0 Å². The molecular weight excluding hydrogens is 210 g/mol. The lowest BCUT2D eigenvalue weighted by molar-refractivity contribution is 0.784. The van der Waals surface area contributed by atoms with Crippen LogP contribution in [0.1, 0.15) is 16.9 Å². The minimum Gasteiger partial charge on any atom is -0.331 e. The molecule has 0 amide bonds. The third-order valence-corrected chi connectivity index (χ3v) is 3.14. The molecule has 0 fully saturated rings. The summed E-state index contributed by atoms with van der Waals surface area (Å²) < 4.78 is 2.07. The van der Waals surface area contributed by atoms with Gasteiger partial charge >= 0.3 is 0 Å². The molecule has 0 spiro atoms. The molecule has 0 saturated heterocycles. The zero-order valence-electron chi connectivity index (χ0n) is 9.08. The summed E-state index contributed by atoms with van der Waals surface area (Å²) in [4.78, 5) is 4.47. The van der Waals surface area contributed by atoms with Crippen molar-refractivity contribution in [2.24, 2.45) is 7.05 Å². The van der Waals surface area contributed by atoms with E-state index in [0.29, 0.717) is 0 Å². The van der Waals surface area contributed by atoms with Crippen molar-refractivity contribution in [1.29, 1.82) is 0 Å². The van der Waals surface area contributed by atoms with Crippen molar-refractivity contribution >= 4 is 22.6 Å². The Morgan fingerprint density at radius 1 is 1.47 bits per heavy atom. The van der Waals surface area contributed by atoms with E-state index in [1.165, 1.54) is 0 Å². The van der Waals surface area contributed by atoms with Crippen molar-refractivity contribution < 1.29 is 0 Å². The van der Waals surface area contributed by atoms with Crippen LogP contribution in [0.2, 0.25) is 0 Å². The highest BCUT2D eigenvalue weighted by Crippen LogP contribution is 2.22. The van der Waals surface area contributed by atoms with Gasteiger partial charge in [0.1, 0.15) is 11.3 Å². The Labute approximate surface area is 94.1 Å². The Morgan fingerprint density at radius 2 is 2.20 bits per heavy atom. The summed E-state index contributed by atoms with van der Waals surface area (Å²) in [6.45, 7) is 2.00. The quantitative estimate of drug-likeness (QED) is 0.626. The number of hydrogen-bond donors (Lipinski definition) is 1. The topological polar surface area (TPSA) is 29.9 Å². The first-order chi connectivity index (χ1) is 7.13. The predicted molar refractivity (Wildman–Crippen MR) is 63.1 cm³/mol. The van der Waals surface area contributed by atoms with Crippen molar-refractivity contribution in [2.75, 3.05) is 7.05 Å². The Balaban J connectivity index is 2.57. The van der Waals surface area contributed by atoms with Crippen LogP contribution in [0.3, 0.4) is 0 Å². The Bertz CT molecular complexity index is 490. The van der Waals surface area contributed by atoms with Gasteiger partial charge < -0.3 is 9.88 Å². The second-order valence-electron chi connectivity index (χ2n) is 3.62. The Morgan fingerprint density at radius 3 is 2.87 bits per heavy atom. The maximum absolute atomic E-state index is 6.09. The molecule has 4 heteroatoms. The van der Waals surface area contributed by atoms with Crippen molar-refractivity contribution in [1.82, 2.24) is 14.9 Å². The van der Waals surface area contributed by atoms with Crippen LogP contribution in [0.15, 0.2) is 18.2 Å². The molecule has 1 unspecified atom stereocenters. The zero-order valence-corrected chi connectivity index (χ0v) is 9.84. The molecule has 0 aliphatic heterocycles. The lowest BCUT2D eigenvalue weighted by Gasteiger charge is -2.07. The fourth-order valence-electron chi connectivity index (χ4n) is 1.66. The van der Waals surface area contributed by atoms with E-state index < -0.39 is 0 Å². The molecule has 1 N–H and O–H groups in total. The van der Waals surface area contributed by atoms with Gasteiger partial charge in [-0.05, 0) is 31.7 Å². The van der Waals surface area contributed by atoms with Gasteiger partial charge in [0.25, 0.3) is 0 Å². The van der Waals surface area contributed by atoms with Gasteiger partial charge in [0.2, 0.25) is 0 Å². The fourth-order valence-corrected chi connectivity index (χ4v) is 1.80. The third-order valence-electron chi connectivity index (χ3n) is 2.67. The first-order valence-corrected chi connectivity index (χ1v) is 5.31. The van der Waals surface area contributed by atoms with Gasteiger partial charge in [-0.1, -0.05) is 6.07 Å². The summed E-state index contributed by atoms with van der Waals surface area (Å²) in [6.07, 6.45) is 0. The van der Waals surface area contributed by atoms with Crippen LogP contribution in [-0.4, -0.2) is 16.6 Å². The maximum atomic E-state index is 6.09. The fraction of sp³-hybridized carbons (Fsp3) is 0.364. The summed E-state index contributed by atoms with van der Waals surface area (Å²) >= 11 is 6.09. The van der Waals surface area contributed by atoms with E-state index >= 15 is 0 Å². The first-order valence-electron chi connectivity index (χ1n) is 4.88. The van der Waals surface area contributed by atoms with Gasteiger partial charge in [0, 0.05) is 7.05 Å². The summed E-state index contributed by atoms with van der Waals surface area (Å²) in [5, 5.41) is 3.00. The number of halogens is 1. The molecule has 0 aliphatic rings. The summed E-state index contributed by atoms with van der Waals surface area (Å²) in [6, 6.07) is 6.10. The van der Waals surface area contributed by atoms with Crippen LogP contribution in [-0.2, 0) is 7.05 Å². The predicted octanol–water partition coefficient (Wildman–Crippen LogP) is 2.34. The number of alkyl halides is 1. The molecule has 15 heavy (non-hydrogen) atoms. The number of rotatable bonds is 2. The number of benzene rings is 1. The molecule has 80 valence electrons. The first kappa shape index (κ1) is 10.5. The van der Waals surface area contributed by atoms with E-state index in [1.54, 1.807) is 0 Å². The monoisotopic (exact) mass is 223 g/mol. The SMILES string of the molecule is CNC(Cl)c1ccc2c(c1)nc(C)n2C. The number of nitrogens with one attached hydrogen (secondary N) is 1. The molecule has 1 aromatic heterocycles. The number of nitrogens with zero attached hydrogens (tertiary/aromatic N) is 2. The largest absolute Gasteiger partial charge is 0.331 e. The average molecular weight is 224 g/mol. The minimum atomic E-state index is -0.156. The molecule has 0 aliphatic carbocycles. The van der Waals surface area contributed by atoms with Gasteiger partial charge in [0.15, 0.2) is 0 Å². The number of hydrogen-bond acceptors (Lipinski definition) is 2. The zero-order chi connectivity index (χ0) is 11.0. The van der Waals surface area contributed by atoms with Crippen molar-refractivity contribution in [3.05, 3.63) is 29.6 Å². The van der Waals surface area contributed by atoms with Crippen LogP contribution in [0.4, 0.5) is 0 Å². The molecule has 2 rings (SSSR count). The van der Waals surface area contributed by atoms with E-state index in [9.17, 15) is 0 Å². The van der Waals surface area contributed by atoms with Gasteiger partial charge in [-0.15, -0.1) is 11.6 Å². The molecule has 2 aromatic rings. The highest BCUT2D eigenvalue weighted by atomic mass is 35.5. The molecular formula is C11H14ClN3. The molecule has 1 aromatic carbocycles. The average Bonchev–Trinajstić information content (AvgIpc) is 2.53. The Hall–Kier alpha value is -1.06. The van der Waals surface area contributed by atoms with E-state index in [1.807, 2.05) is 33.2 Å². The Kier molecular flexibility index (Phi) is 2.67. The molecule has 0 bridgehead atoms. The highest BCUT2D eigenvalue weighted by Gasteiger charge is 2.08. The van der Waals surface area contributed by atoms with Crippen LogP contribution >= 0.6 is 11.6 Å². The number of fused-ring (bicyclic) bond motifs is 1. The second kappa shape index (κ2) is 3.83. The van der Waals surface area contributed by atoms with E-state index in [-0.39, 0.29) is 5.50 Å². The summed E-state index contributed by atoms with van der Waals surface area (Å²) in [5.41, 5.74) is 3.02. The lowest BCUT2D eigenvalue weighted by atomic mass is 10.2. The van der Waals surface area contributed by atoms with Crippen molar-refractivity contribution in [2.45, 2.75) is 12.4 Å². The molecule has 0 radical (unpaired) electrons. The normalized spacial score (nSPS) is 13.3. The minimum absolute atomic E-state index is 0.156. The van der Waals surface area contributed by atoms with Gasteiger partial charge in [-0.25, -0.2) is 4.98 Å². The van der Waals surface area contributed by atoms with Gasteiger partial charge in [0.05, 0.1) is 11.0 Å². The molecule has 1 atom stereocenters. The van der Waals surface area contributed by atoms with E-state index in [2.05, 4.69) is 20.9 Å². The standard InChI is InChI=1S/C11H14ClN3/c1-7-14-9-6-8(11(12)13-2)4-5-10(9)15(7)3/h4-6,11,13H,1-3H3. The van der Waals surface area contributed by atoms with Crippen LogP contribution in [0.25, 0.3) is 11.0 Å².